The molecule has 0 aliphatic carbocycles. The van der Waals surface area contributed by atoms with Crippen LogP contribution in [0.15, 0.2) is 22.7 Å². The van der Waals surface area contributed by atoms with Crippen molar-refractivity contribution in [3.05, 3.63) is 28.2 Å². The molecule has 0 radical (unpaired) electrons. The molecule has 1 aliphatic rings. The van der Waals surface area contributed by atoms with E-state index in [2.05, 4.69) is 36.7 Å². The molecule has 1 unspecified atom stereocenters. The molecule has 3 heteroatoms. The van der Waals surface area contributed by atoms with Gasteiger partial charge in [0.05, 0.1) is 6.10 Å². The molecule has 1 aromatic rings. The lowest BCUT2D eigenvalue weighted by Gasteiger charge is -2.38. The van der Waals surface area contributed by atoms with E-state index in [1.165, 1.54) is 0 Å². The van der Waals surface area contributed by atoms with Crippen molar-refractivity contribution in [3.8, 4) is 5.75 Å². The summed E-state index contributed by atoms with van der Waals surface area (Å²) in [5.41, 5.74) is 0.650. The molecule has 1 aromatic carbocycles. The first-order chi connectivity index (χ1) is 8.39. The Labute approximate surface area is 117 Å². The Bertz CT molecular complexity index is 431. The lowest BCUT2D eigenvalue weighted by atomic mass is 9.85. The second kappa shape index (κ2) is 5.22. The third-order valence-corrected chi connectivity index (χ3v) is 4.06. The van der Waals surface area contributed by atoms with E-state index < -0.39 is 6.10 Å². The maximum atomic E-state index is 10.3. The summed E-state index contributed by atoms with van der Waals surface area (Å²) in [5, 5.41) is 10.3. The first-order valence-electron chi connectivity index (χ1n) is 6.56. The van der Waals surface area contributed by atoms with Gasteiger partial charge in [-0.1, -0.05) is 35.8 Å². The third kappa shape index (κ3) is 3.07. The fourth-order valence-electron chi connectivity index (χ4n) is 2.45. The largest absolute Gasteiger partial charge is 0.487 e. The first kappa shape index (κ1) is 13.9. The topological polar surface area (TPSA) is 29.5 Å². The van der Waals surface area contributed by atoms with E-state index in [9.17, 15) is 5.11 Å². The first-order valence-corrected chi connectivity index (χ1v) is 7.35. The van der Waals surface area contributed by atoms with Gasteiger partial charge in [-0.3, -0.25) is 0 Å². The van der Waals surface area contributed by atoms with E-state index in [0.29, 0.717) is 12.3 Å². The van der Waals surface area contributed by atoms with E-state index in [1.54, 1.807) is 0 Å². The van der Waals surface area contributed by atoms with Crippen LogP contribution >= 0.6 is 15.9 Å². The Morgan fingerprint density at radius 3 is 2.89 bits per heavy atom. The average molecular weight is 313 g/mol. The molecule has 2 rings (SSSR count). The van der Waals surface area contributed by atoms with Crippen LogP contribution in [0.25, 0.3) is 0 Å². The quantitative estimate of drug-likeness (QED) is 0.893. The number of hydrogen-bond acceptors (Lipinski definition) is 2. The molecule has 100 valence electrons. The summed E-state index contributed by atoms with van der Waals surface area (Å²) in [6.45, 7) is 6.53. The van der Waals surface area contributed by atoms with E-state index in [4.69, 9.17) is 4.74 Å². The summed E-state index contributed by atoms with van der Waals surface area (Å²) in [7, 11) is 0. The standard InChI is InChI=1S/C15H21BrO2/c1-10(2)6-7-15(3)9-13(17)12-5-4-11(16)8-14(12)18-15/h4-5,8,10,13,17H,6-7,9H2,1-3H3/t13-,15?/m1/s1. The van der Waals surface area contributed by atoms with Crippen molar-refractivity contribution in [2.24, 2.45) is 5.92 Å². The molecule has 0 bridgehead atoms. The number of aliphatic hydroxyl groups is 1. The monoisotopic (exact) mass is 312 g/mol. The summed E-state index contributed by atoms with van der Waals surface area (Å²) >= 11 is 3.45. The van der Waals surface area contributed by atoms with Crippen molar-refractivity contribution in [2.75, 3.05) is 0 Å². The van der Waals surface area contributed by atoms with Crippen molar-refractivity contribution in [2.45, 2.75) is 51.7 Å². The van der Waals surface area contributed by atoms with Crippen LogP contribution in [0.2, 0.25) is 0 Å². The number of benzene rings is 1. The average Bonchev–Trinajstić information content (AvgIpc) is 2.25. The van der Waals surface area contributed by atoms with Gasteiger partial charge in [-0.15, -0.1) is 0 Å². The highest BCUT2D eigenvalue weighted by Gasteiger charge is 2.36. The number of aliphatic hydroxyl groups excluding tert-OH is 1. The van der Waals surface area contributed by atoms with Gasteiger partial charge >= 0.3 is 0 Å². The van der Waals surface area contributed by atoms with Gasteiger partial charge in [-0.2, -0.15) is 0 Å². The predicted octanol–water partition coefficient (Wildman–Crippen LogP) is 4.46. The third-order valence-electron chi connectivity index (χ3n) is 3.57. The number of rotatable bonds is 3. The molecule has 0 fully saturated rings. The van der Waals surface area contributed by atoms with Gasteiger partial charge in [-0.25, -0.2) is 0 Å². The normalized spacial score (nSPS) is 26.9. The summed E-state index contributed by atoms with van der Waals surface area (Å²) in [6.07, 6.45) is 2.35. The lowest BCUT2D eigenvalue weighted by molar-refractivity contribution is -0.0101. The van der Waals surface area contributed by atoms with Crippen LogP contribution in [0.3, 0.4) is 0 Å². The molecule has 1 N–H and O–H groups in total. The molecule has 1 aliphatic heterocycles. The molecule has 2 atom stereocenters. The molecule has 18 heavy (non-hydrogen) atoms. The Kier molecular flexibility index (Phi) is 4.02. The zero-order valence-electron chi connectivity index (χ0n) is 11.2. The minimum Gasteiger partial charge on any atom is -0.487 e. The van der Waals surface area contributed by atoms with Gasteiger partial charge in [0.15, 0.2) is 0 Å². The Morgan fingerprint density at radius 1 is 1.50 bits per heavy atom. The van der Waals surface area contributed by atoms with Gasteiger partial charge in [0.25, 0.3) is 0 Å². The smallest absolute Gasteiger partial charge is 0.127 e. The van der Waals surface area contributed by atoms with E-state index in [0.717, 1.165) is 28.6 Å². The maximum Gasteiger partial charge on any atom is 0.127 e. The fourth-order valence-corrected chi connectivity index (χ4v) is 2.79. The van der Waals surface area contributed by atoms with Gasteiger partial charge < -0.3 is 9.84 Å². The highest BCUT2D eigenvalue weighted by molar-refractivity contribution is 9.10. The van der Waals surface area contributed by atoms with Gasteiger partial charge in [-0.05, 0) is 37.8 Å². The molecule has 2 nitrogen and oxygen atoms in total. The molecule has 0 saturated carbocycles. The van der Waals surface area contributed by atoms with Gasteiger partial charge in [0.2, 0.25) is 0 Å². The van der Waals surface area contributed by atoms with Crippen molar-refractivity contribution in [3.63, 3.8) is 0 Å². The van der Waals surface area contributed by atoms with Crippen LogP contribution in [0.5, 0.6) is 5.75 Å². The van der Waals surface area contributed by atoms with E-state index >= 15 is 0 Å². The number of hydrogen-bond donors (Lipinski definition) is 1. The molecule has 1 heterocycles. The predicted molar refractivity (Wildman–Crippen MR) is 76.8 cm³/mol. The van der Waals surface area contributed by atoms with Crippen LogP contribution in [0, 0.1) is 5.92 Å². The highest BCUT2D eigenvalue weighted by Crippen LogP contribution is 2.42. The van der Waals surface area contributed by atoms with Crippen LogP contribution in [0.4, 0.5) is 0 Å². The Morgan fingerprint density at radius 2 is 2.22 bits per heavy atom. The summed E-state index contributed by atoms with van der Waals surface area (Å²) in [5.74, 6) is 1.47. The van der Waals surface area contributed by atoms with Crippen molar-refractivity contribution in [1.82, 2.24) is 0 Å². The molecule has 0 spiro atoms. The second-order valence-corrected chi connectivity index (χ2v) is 6.80. The lowest BCUT2D eigenvalue weighted by Crippen LogP contribution is -2.38. The summed E-state index contributed by atoms with van der Waals surface area (Å²) in [4.78, 5) is 0. The summed E-state index contributed by atoms with van der Waals surface area (Å²) in [6, 6.07) is 5.83. The molecule has 0 amide bonds. The van der Waals surface area contributed by atoms with Crippen LogP contribution in [0.1, 0.15) is 51.7 Å². The minimum atomic E-state index is -0.418. The molecule has 0 saturated heterocycles. The van der Waals surface area contributed by atoms with Crippen molar-refractivity contribution < 1.29 is 9.84 Å². The van der Waals surface area contributed by atoms with Gasteiger partial charge in [0.1, 0.15) is 11.4 Å². The zero-order chi connectivity index (χ0) is 13.3. The number of ether oxygens (including phenoxy) is 1. The SMILES string of the molecule is CC(C)CCC1(C)C[C@@H](O)c2ccc(Br)cc2O1. The van der Waals surface area contributed by atoms with Crippen molar-refractivity contribution >= 4 is 15.9 Å². The zero-order valence-corrected chi connectivity index (χ0v) is 12.8. The van der Waals surface area contributed by atoms with E-state index in [1.807, 2.05) is 18.2 Å². The number of fused-ring (bicyclic) bond motifs is 1. The summed E-state index contributed by atoms with van der Waals surface area (Å²) < 4.78 is 7.12. The maximum absolute atomic E-state index is 10.3. The second-order valence-electron chi connectivity index (χ2n) is 5.89. The Balaban J connectivity index is 2.20. The van der Waals surface area contributed by atoms with Crippen molar-refractivity contribution in [1.29, 1.82) is 0 Å². The van der Waals surface area contributed by atoms with Gasteiger partial charge in [0, 0.05) is 16.5 Å². The minimum absolute atomic E-state index is 0.252. The highest BCUT2D eigenvalue weighted by atomic mass is 79.9. The van der Waals surface area contributed by atoms with E-state index in [-0.39, 0.29) is 5.60 Å². The molecular formula is C15H21BrO2. The van der Waals surface area contributed by atoms with Crippen LogP contribution in [-0.4, -0.2) is 10.7 Å². The number of halogens is 1. The Hall–Kier alpha value is -0.540. The molecule has 0 aromatic heterocycles. The van der Waals surface area contributed by atoms with Crippen LogP contribution in [-0.2, 0) is 0 Å². The van der Waals surface area contributed by atoms with Crippen LogP contribution < -0.4 is 4.74 Å². The molecular weight excluding hydrogens is 292 g/mol. The fraction of sp³-hybridized carbons (Fsp3) is 0.600.